The highest BCUT2D eigenvalue weighted by molar-refractivity contribution is 7.98. The third-order valence-corrected chi connectivity index (χ3v) is 4.04. The van der Waals surface area contributed by atoms with Crippen LogP contribution >= 0.6 is 11.8 Å². The zero-order valence-corrected chi connectivity index (χ0v) is 13.3. The number of hydrogen-bond donors (Lipinski definition) is 1. The summed E-state index contributed by atoms with van der Waals surface area (Å²) in [6, 6.07) is -0.389. The lowest BCUT2D eigenvalue weighted by Crippen LogP contribution is -2.62. The van der Waals surface area contributed by atoms with Gasteiger partial charge in [0.25, 0.3) is 0 Å². The fourth-order valence-electron chi connectivity index (χ4n) is 2.20. The minimum absolute atomic E-state index is 0.0383. The van der Waals surface area contributed by atoms with E-state index in [1.807, 2.05) is 32.5 Å². The number of thioether (sulfide) groups is 1. The molecule has 0 saturated carbocycles. The molecule has 0 bridgehead atoms. The number of nitrogens with zero attached hydrogens (tertiary/aromatic N) is 1. The van der Waals surface area contributed by atoms with E-state index in [2.05, 4.69) is 11.6 Å². The van der Waals surface area contributed by atoms with Crippen molar-refractivity contribution in [3.8, 4) is 0 Å². The summed E-state index contributed by atoms with van der Waals surface area (Å²) >= 11 is 1.85. The summed E-state index contributed by atoms with van der Waals surface area (Å²) in [7, 11) is 0. The van der Waals surface area contributed by atoms with Crippen molar-refractivity contribution in [2.45, 2.75) is 46.1 Å². The second kappa shape index (κ2) is 7.17. The Kier molecular flexibility index (Phi) is 6.17. The molecule has 1 aliphatic rings. The SMILES string of the molecule is CSCCCCCN1CC(=O)NC(C(C)(C)C)C1=O. The first-order valence-corrected chi connectivity index (χ1v) is 8.32. The van der Waals surface area contributed by atoms with Crippen molar-refractivity contribution < 1.29 is 9.59 Å². The zero-order chi connectivity index (χ0) is 14.5. The van der Waals surface area contributed by atoms with Crippen LogP contribution < -0.4 is 5.32 Å². The second-order valence-corrected chi connectivity index (χ2v) is 7.17. The van der Waals surface area contributed by atoms with Crippen LogP contribution in [0.15, 0.2) is 0 Å². The van der Waals surface area contributed by atoms with Crippen LogP contribution in [-0.2, 0) is 9.59 Å². The van der Waals surface area contributed by atoms with E-state index in [4.69, 9.17) is 0 Å². The highest BCUT2D eigenvalue weighted by Crippen LogP contribution is 2.23. The first-order chi connectivity index (χ1) is 8.86. The first kappa shape index (κ1) is 16.3. The van der Waals surface area contributed by atoms with Crippen LogP contribution in [0.5, 0.6) is 0 Å². The number of nitrogens with one attached hydrogen (secondary N) is 1. The van der Waals surface area contributed by atoms with Crippen molar-refractivity contribution in [2.75, 3.05) is 25.1 Å². The maximum absolute atomic E-state index is 12.3. The largest absolute Gasteiger partial charge is 0.342 e. The average Bonchev–Trinajstić information content (AvgIpc) is 2.31. The predicted molar refractivity (Wildman–Crippen MR) is 80.2 cm³/mol. The molecule has 1 rings (SSSR count). The molecular formula is C14H26N2O2S. The molecule has 0 aliphatic carbocycles. The summed E-state index contributed by atoms with van der Waals surface area (Å²) in [5.41, 5.74) is -0.232. The van der Waals surface area contributed by atoms with Crippen molar-refractivity contribution in [3.63, 3.8) is 0 Å². The van der Waals surface area contributed by atoms with Crippen LogP contribution in [0.3, 0.4) is 0 Å². The molecule has 1 unspecified atom stereocenters. The quantitative estimate of drug-likeness (QED) is 0.759. The Balaban J connectivity index is 2.48. The molecule has 1 N–H and O–H groups in total. The van der Waals surface area contributed by atoms with E-state index in [-0.39, 0.29) is 29.8 Å². The molecule has 0 spiro atoms. The molecule has 0 aromatic carbocycles. The van der Waals surface area contributed by atoms with Gasteiger partial charge in [-0.1, -0.05) is 27.2 Å². The van der Waals surface area contributed by atoms with E-state index < -0.39 is 0 Å². The maximum atomic E-state index is 12.3. The van der Waals surface area contributed by atoms with E-state index in [1.54, 1.807) is 4.90 Å². The predicted octanol–water partition coefficient (Wildman–Crippen LogP) is 1.89. The molecule has 0 aromatic heterocycles. The normalized spacial score (nSPS) is 20.6. The summed E-state index contributed by atoms with van der Waals surface area (Å²) in [6.45, 7) is 6.87. The molecule has 5 heteroatoms. The Morgan fingerprint density at radius 2 is 1.95 bits per heavy atom. The molecule has 1 heterocycles. The maximum Gasteiger partial charge on any atom is 0.246 e. The molecule has 1 fully saturated rings. The molecule has 1 aliphatic heterocycles. The molecule has 4 nitrogen and oxygen atoms in total. The van der Waals surface area contributed by atoms with Crippen molar-refractivity contribution >= 4 is 23.6 Å². The highest BCUT2D eigenvalue weighted by Gasteiger charge is 2.39. The van der Waals surface area contributed by atoms with Crippen LogP contribution in [0.1, 0.15) is 40.0 Å². The van der Waals surface area contributed by atoms with Gasteiger partial charge >= 0.3 is 0 Å². The smallest absolute Gasteiger partial charge is 0.246 e. The van der Waals surface area contributed by atoms with Gasteiger partial charge in [-0.2, -0.15) is 11.8 Å². The fraction of sp³-hybridized carbons (Fsp3) is 0.857. The fourth-order valence-corrected chi connectivity index (χ4v) is 2.70. The standard InChI is InChI=1S/C14H26N2O2S/c1-14(2,3)12-13(18)16(10-11(17)15-12)8-6-5-7-9-19-4/h12H,5-10H2,1-4H3,(H,15,17). The van der Waals surface area contributed by atoms with E-state index in [9.17, 15) is 9.59 Å². The minimum atomic E-state index is -0.389. The van der Waals surface area contributed by atoms with Crippen molar-refractivity contribution in [2.24, 2.45) is 5.41 Å². The number of hydrogen-bond acceptors (Lipinski definition) is 3. The second-order valence-electron chi connectivity index (χ2n) is 6.18. The van der Waals surface area contributed by atoms with E-state index in [1.165, 1.54) is 12.2 Å². The lowest BCUT2D eigenvalue weighted by molar-refractivity contribution is -0.147. The van der Waals surface area contributed by atoms with Gasteiger partial charge in [0.1, 0.15) is 6.04 Å². The van der Waals surface area contributed by atoms with Crippen LogP contribution in [0.2, 0.25) is 0 Å². The van der Waals surface area contributed by atoms with Gasteiger partial charge < -0.3 is 10.2 Å². The van der Waals surface area contributed by atoms with Crippen molar-refractivity contribution in [1.29, 1.82) is 0 Å². The lowest BCUT2D eigenvalue weighted by atomic mass is 9.84. The van der Waals surface area contributed by atoms with Gasteiger partial charge in [-0.3, -0.25) is 9.59 Å². The van der Waals surface area contributed by atoms with Gasteiger partial charge in [0.2, 0.25) is 11.8 Å². The van der Waals surface area contributed by atoms with Crippen LogP contribution in [0, 0.1) is 5.41 Å². The number of carbonyl (C=O) groups is 2. The van der Waals surface area contributed by atoms with Crippen LogP contribution in [-0.4, -0.2) is 47.9 Å². The lowest BCUT2D eigenvalue weighted by Gasteiger charge is -2.38. The molecule has 19 heavy (non-hydrogen) atoms. The van der Waals surface area contributed by atoms with Gasteiger partial charge in [-0.05, 0) is 30.3 Å². The Labute approximate surface area is 120 Å². The van der Waals surface area contributed by atoms with E-state index in [0.717, 1.165) is 12.8 Å². The van der Waals surface area contributed by atoms with Gasteiger partial charge in [-0.25, -0.2) is 0 Å². The minimum Gasteiger partial charge on any atom is -0.342 e. The summed E-state index contributed by atoms with van der Waals surface area (Å²) in [5.74, 6) is 1.19. The number of unbranched alkanes of at least 4 members (excludes halogenated alkanes) is 2. The van der Waals surface area contributed by atoms with Gasteiger partial charge in [-0.15, -0.1) is 0 Å². The molecule has 1 atom stereocenters. The third-order valence-electron chi connectivity index (χ3n) is 3.34. The number of carbonyl (C=O) groups excluding carboxylic acids is 2. The topological polar surface area (TPSA) is 49.4 Å². The zero-order valence-electron chi connectivity index (χ0n) is 12.5. The van der Waals surface area contributed by atoms with Gasteiger partial charge in [0, 0.05) is 6.54 Å². The van der Waals surface area contributed by atoms with Crippen LogP contribution in [0.4, 0.5) is 0 Å². The molecule has 2 amide bonds. The Hall–Kier alpha value is -0.710. The Morgan fingerprint density at radius 1 is 1.26 bits per heavy atom. The Morgan fingerprint density at radius 3 is 2.53 bits per heavy atom. The summed E-state index contributed by atoms with van der Waals surface area (Å²) in [4.78, 5) is 25.8. The van der Waals surface area contributed by atoms with Crippen molar-refractivity contribution in [1.82, 2.24) is 10.2 Å². The summed E-state index contributed by atoms with van der Waals surface area (Å²) in [5, 5.41) is 2.81. The molecular weight excluding hydrogens is 260 g/mol. The molecule has 110 valence electrons. The van der Waals surface area contributed by atoms with Crippen molar-refractivity contribution in [3.05, 3.63) is 0 Å². The van der Waals surface area contributed by atoms with E-state index in [0.29, 0.717) is 6.54 Å². The average molecular weight is 286 g/mol. The summed E-state index contributed by atoms with van der Waals surface area (Å²) in [6.07, 6.45) is 5.38. The third kappa shape index (κ3) is 5.05. The van der Waals surface area contributed by atoms with Crippen LogP contribution in [0.25, 0.3) is 0 Å². The van der Waals surface area contributed by atoms with Gasteiger partial charge in [0.05, 0.1) is 6.54 Å². The Bertz CT molecular complexity index is 326. The number of rotatable bonds is 6. The first-order valence-electron chi connectivity index (χ1n) is 6.93. The number of piperazine rings is 1. The summed E-state index contributed by atoms with van der Waals surface area (Å²) < 4.78 is 0. The molecule has 0 radical (unpaired) electrons. The number of amides is 2. The molecule has 0 aromatic rings. The van der Waals surface area contributed by atoms with E-state index >= 15 is 0 Å². The monoisotopic (exact) mass is 286 g/mol. The molecule has 1 saturated heterocycles. The van der Waals surface area contributed by atoms with Gasteiger partial charge in [0.15, 0.2) is 0 Å². The highest BCUT2D eigenvalue weighted by atomic mass is 32.2.